The molecule has 0 spiro atoms. The van der Waals surface area contributed by atoms with Crippen molar-refractivity contribution < 1.29 is 0 Å². The van der Waals surface area contributed by atoms with E-state index in [2.05, 4.69) is 20.3 Å². The Morgan fingerprint density at radius 3 is 3.22 bits per heavy atom. The van der Waals surface area contributed by atoms with Crippen molar-refractivity contribution in [3.63, 3.8) is 0 Å². The highest BCUT2D eigenvalue weighted by molar-refractivity contribution is 8.13. The summed E-state index contributed by atoms with van der Waals surface area (Å²) < 4.78 is 0. The summed E-state index contributed by atoms with van der Waals surface area (Å²) in [4.78, 5) is 12.7. The SMILES string of the molecule is c1cc(CN=C2NC3CCCCC3CS2)ncn1. The molecule has 1 aromatic heterocycles. The van der Waals surface area contributed by atoms with Crippen LogP contribution >= 0.6 is 11.8 Å². The first-order valence-electron chi connectivity index (χ1n) is 6.60. The molecule has 1 aromatic rings. The van der Waals surface area contributed by atoms with E-state index in [0.29, 0.717) is 12.6 Å². The van der Waals surface area contributed by atoms with Gasteiger partial charge in [-0.25, -0.2) is 9.97 Å². The fraction of sp³-hybridized carbons (Fsp3) is 0.615. The molecule has 0 amide bonds. The van der Waals surface area contributed by atoms with Crippen LogP contribution in [0, 0.1) is 5.92 Å². The van der Waals surface area contributed by atoms with Gasteiger partial charge in [0.1, 0.15) is 6.33 Å². The number of hydrogen-bond donors (Lipinski definition) is 1. The Labute approximate surface area is 112 Å². The van der Waals surface area contributed by atoms with Gasteiger partial charge in [-0.3, -0.25) is 4.99 Å². The first kappa shape index (κ1) is 12.0. The topological polar surface area (TPSA) is 50.2 Å². The normalized spacial score (nSPS) is 29.7. The molecule has 96 valence electrons. The van der Waals surface area contributed by atoms with E-state index < -0.39 is 0 Å². The summed E-state index contributed by atoms with van der Waals surface area (Å²) in [6, 6.07) is 2.57. The zero-order valence-electron chi connectivity index (χ0n) is 10.4. The third-order valence-corrected chi connectivity index (χ3v) is 4.80. The van der Waals surface area contributed by atoms with Crippen LogP contribution in [0.3, 0.4) is 0 Å². The fourth-order valence-electron chi connectivity index (χ4n) is 2.64. The van der Waals surface area contributed by atoms with Crippen LogP contribution in [-0.2, 0) is 6.54 Å². The number of fused-ring (bicyclic) bond motifs is 1. The average Bonchev–Trinajstić information content (AvgIpc) is 2.46. The maximum absolute atomic E-state index is 4.62. The molecule has 1 saturated carbocycles. The van der Waals surface area contributed by atoms with Crippen molar-refractivity contribution in [2.75, 3.05) is 5.75 Å². The van der Waals surface area contributed by atoms with E-state index in [-0.39, 0.29) is 0 Å². The third-order valence-electron chi connectivity index (χ3n) is 3.68. The summed E-state index contributed by atoms with van der Waals surface area (Å²) in [6.45, 7) is 0.648. The number of amidine groups is 1. The Kier molecular flexibility index (Phi) is 3.78. The quantitative estimate of drug-likeness (QED) is 0.888. The third kappa shape index (κ3) is 2.83. The second kappa shape index (κ2) is 5.69. The molecule has 0 radical (unpaired) electrons. The van der Waals surface area contributed by atoms with Crippen molar-refractivity contribution in [2.45, 2.75) is 38.3 Å². The molecule has 2 aliphatic rings. The molecule has 0 aromatic carbocycles. The van der Waals surface area contributed by atoms with Crippen LogP contribution in [0.1, 0.15) is 31.4 Å². The summed E-state index contributed by atoms with van der Waals surface area (Å²) in [6.07, 6.45) is 8.78. The van der Waals surface area contributed by atoms with E-state index in [9.17, 15) is 0 Å². The van der Waals surface area contributed by atoms with Crippen molar-refractivity contribution in [2.24, 2.45) is 10.9 Å². The van der Waals surface area contributed by atoms with Crippen LogP contribution in [0.4, 0.5) is 0 Å². The van der Waals surface area contributed by atoms with Crippen molar-refractivity contribution in [1.29, 1.82) is 0 Å². The standard InChI is InChI=1S/C13H18N4S/c1-2-4-12-10(3-1)8-18-13(17-12)15-7-11-5-6-14-9-16-11/h5-6,9-10,12H,1-4,7-8H2,(H,15,17). The van der Waals surface area contributed by atoms with Gasteiger partial charge in [-0.15, -0.1) is 0 Å². The van der Waals surface area contributed by atoms with E-state index in [4.69, 9.17) is 0 Å². The van der Waals surface area contributed by atoms with Crippen LogP contribution < -0.4 is 5.32 Å². The molecular formula is C13H18N4S. The summed E-state index contributed by atoms with van der Waals surface area (Å²) in [5.74, 6) is 2.07. The monoisotopic (exact) mass is 262 g/mol. The van der Waals surface area contributed by atoms with Gasteiger partial charge in [0.25, 0.3) is 0 Å². The number of aliphatic imine (C=N–C) groups is 1. The Morgan fingerprint density at radius 1 is 1.39 bits per heavy atom. The van der Waals surface area contributed by atoms with Crippen LogP contribution in [-0.4, -0.2) is 26.9 Å². The lowest BCUT2D eigenvalue weighted by Crippen LogP contribution is -2.46. The first-order valence-corrected chi connectivity index (χ1v) is 7.59. The predicted molar refractivity (Wildman–Crippen MR) is 74.5 cm³/mol. The number of nitrogens with zero attached hydrogens (tertiary/aromatic N) is 3. The van der Waals surface area contributed by atoms with Gasteiger partial charge in [-0.2, -0.15) is 0 Å². The second-order valence-electron chi connectivity index (χ2n) is 4.93. The molecule has 3 rings (SSSR count). The zero-order valence-corrected chi connectivity index (χ0v) is 11.2. The lowest BCUT2D eigenvalue weighted by molar-refractivity contribution is 0.311. The fourth-order valence-corrected chi connectivity index (χ4v) is 3.80. The lowest BCUT2D eigenvalue weighted by Gasteiger charge is -2.36. The number of thioether (sulfide) groups is 1. The molecule has 1 saturated heterocycles. The van der Waals surface area contributed by atoms with Gasteiger partial charge in [-0.1, -0.05) is 24.6 Å². The van der Waals surface area contributed by atoms with Gasteiger partial charge >= 0.3 is 0 Å². The maximum Gasteiger partial charge on any atom is 0.157 e. The predicted octanol–water partition coefficient (Wildman–Crippen LogP) is 2.23. The maximum atomic E-state index is 4.62. The average molecular weight is 262 g/mol. The largest absolute Gasteiger partial charge is 0.362 e. The lowest BCUT2D eigenvalue weighted by atomic mass is 9.86. The summed E-state index contributed by atoms with van der Waals surface area (Å²) in [5, 5.41) is 4.69. The zero-order chi connectivity index (χ0) is 12.2. The summed E-state index contributed by atoms with van der Waals surface area (Å²) in [7, 11) is 0. The Morgan fingerprint density at radius 2 is 2.33 bits per heavy atom. The summed E-state index contributed by atoms with van der Waals surface area (Å²) >= 11 is 1.86. The van der Waals surface area contributed by atoms with E-state index in [1.807, 2.05) is 17.8 Å². The molecule has 1 aliphatic heterocycles. The summed E-state index contributed by atoms with van der Waals surface area (Å²) in [5.41, 5.74) is 0.977. The smallest absolute Gasteiger partial charge is 0.157 e. The molecule has 4 nitrogen and oxygen atoms in total. The minimum Gasteiger partial charge on any atom is -0.362 e. The number of aromatic nitrogens is 2. The molecule has 2 heterocycles. The van der Waals surface area contributed by atoms with Gasteiger partial charge in [0, 0.05) is 18.0 Å². The molecule has 18 heavy (non-hydrogen) atoms. The highest BCUT2D eigenvalue weighted by atomic mass is 32.2. The van der Waals surface area contributed by atoms with Crippen LogP contribution in [0.15, 0.2) is 23.6 Å². The van der Waals surface area contributed by atoms with Crippen molar-refractivity contribution in [3.8, 4) is 0 Å². The second-order valence-corrected chi connectivity index (χ2v) is 5.94. The minimum atomic E-state index is 0.648. The molecule has 0 bridgehead atoms. The molecule has 1 aliphatic carbocycles. The van der Waals surface area contributed by atoms with Crippen LogP contribution in [0.5, 0.6) is 0 Å². The van der Waals surface area contributed by atoms with E-state index in [1.54, 1.807) is 12.5 Å². The van der Waals surface area contributed by atoms with Crippen molar-refractivity contribution in [1.82, 2.24) is 15.3 Å². The molecule has 2 fully saturated rings. The first-order chi connectivity index (χ1) is 8.92. The van der Waals surface area contributed by atoms with Gasteiger partial charge < -0.3 is 5.32 Å². The Balaban J connectivity index is 1.60. The van der Waals surface area contributed by atoms with E-state index in [1.165, 1.54) is 31.4 Å². The highest BCUT2D eigenvalue weighted by Crippen LogP contribution is 2.31. The molecule has 5 heteroatoms. The van der Waals surface area contributed by atoms with Crippen LogP contribution in [0.2, 0.25) is 0 Å². The van der Waals surface area contributed by atoms with Gasteiger partial charge in [-0.05, 0) is 24.8 Å². The van der Waals surface area contributed by atoms with Gasteiger partial charge in [0.2, 0.25) is 0 Å². The Bertz CT molecular complexity index is 420. The van der Waals surface area contributed by atoms with Crippen LogP contribution in [0.25, 0.3) is 0 Å². The van der Waals surface area contributed by atoms with Crippen molar-refractivity contribution in [3.05, 3.63) is 24.3 Å². The molecular weight excluding hydrogens is 244 g/mol. The van der Waals surface area contributed by atoms with Crippen molar-refractivity contribution >= 4 is 16.9 Å². The Hall–Kier alpha value is -1.10. The molecule has 2 atom stereocenters. The number of rotatable bonds is 2. The van der Waals surface area contributed by atoms with E-state index >= 15 is 0 Å². The number of hydrogen-bond acceptors (Lipinski definition) is 4. The van der Waals surface area contributed by atoms with E-state index in [0.717, 1.165) is 16.8 Å². The number of nitrogens with one attached hydrogen (secondary N) is 1. The van der Waals surface area contributed by atoms with Gasteiger partial charge in [0.05, 0.1) is 12.2 Å². The van der Waals surface area contributed by atoms with Gasteiger partial charge in [0.15, 0.2) is 5.17 Å². The minimum absolute atomic E-state index is 0.648. The molecule has 1 N–H and O–H groups in total. The highest BCUT2D eigenvalue weighted by Gasteiger charge is 2.29. The molecule has 2 unspecified atom stereocenters.